The minimum Gasteiger partial charge on any atom is -0.461 e. The summed E-state index contributed by atoms with van der Waals surface area (Å²) in [6, 6.07) is 8.08. The van der Waals surface area contributed by atoms with Gasteiger partial charge < -0.3 is 4.74 Å². The number of hydrogen-bond donors (Lipinski definition) is 0. The number of ether oxygens (including phenoxy) is 1. The van der Waals surface area contributed by atoms with Crippen LogP contribution in [0.5, 0.6) is 0 Å². The van der Waals surface area contributed by atoms with Crippen molar-refractivity contribution in [2.45, 2.75) is 45.6 Å². The highest BCUT2D eigenvalue weighted by Gasteiger charge is 2.51. The first-order valence-corrected chi connectivity index (χ1v) is 11.6. The van der Waals surface area contributed by atoms with Crippen LogP contribution in [0.25, 0.3) is 5.57 Å². The van der Waals surface area contributed by atoms with Gasteiger partial charge in [0, 0.05) is 30.6 Å². The number of fused-ring (bicyclic) bond motifs is 2. The van der Waals surface area contributed by atoms with Gasteiger partial charge in [-0.05, 0) is 66.9 Å². The largest absolute Gasteiger partial charge is 0.461 e. The van der Waals surface area contributed by atoms with Crippen molar-refractivity contribution in [2.24, 2.45) is 17.3 Å². The molecule has 2 aliphatic heterocycles. The zero-order valence-electron chi connectivity index (χ0n) is 17.9. The monoisotopic (exact) mass is 423 g/mol. The molecule has 0 saturated carbocycles. The summed E-state index contributed by atoms with van der Waals surface area (Å²) in [6.07, 6.45) is 11.4. The molecule has 0 amide bonds. The Morgan fingerprint density at radius 3 is 2.77 bits per heavy atom. The molecule has 5 rings (SSSR count). The summed E-state index contributed by atoms with van der Waals surface area (Å²) in [7, 11) is 0. The molecule has 0 aromatic heterocycles. The van der Waals surface area contributed by atoms with Crippen LogP contribution in [0.1, 0.15) is 45.1 Å². The molecule has 0 unspecified atom stereocenters. The Hall–Kier alpha value is -1.84. The van der Waals surface area contributed by atoms with E-state index >= 15 is 0 Å². The van der Waals surface area contributed by atoms with Crippen LogP contribution < -0.4 is 0 Å². The SMILES string of the molecule is CC1=CCC[C@]2(C)C[C@H]3OC(=O)[C@H](CN4CC=C(c5ccc(Cl)cc5)CC4)[C@H]3C=C12. The van der Waals surface area contributed by atoms with Crippen molar-refractivity contribution in [2.75, 3.05) is 19.6 Å². The Balaban J connectivity index is 1.31. The summed E-state index contributed by atoms with van der Waals surface area (Å²) in [5.41, 5.74) is 5.63. The minimum absolute atomic E-state index is 0.00166. The van der Waals surface area contributed by atoms with Gasteiger partial charge in [0.25, 0.3) is 0 Å². The zero-order chi connectivity index (χ0) is 20.9. The van der Waals surface area contributed by atoms with E-state index in [1.165, 1.54) is 22.3 Å². The molecule has 2 heterocycles. The first-order valence-electron chi connectivity index (χ1n) is 11.2. The summed E-state index contributed by atoms with van der Waals surface area (Å²) in [5, 5.41) is 0.770. The number of rotatable bonds is 3. The van der Waals surface area contributed by atoms with Crippen molar-refractivity contribution >= 4 is 23.1 Å². The van der Waals surface area contributed by atoms with Crippen molar-refractivity contribution in [3.8, 4) is 0 Å². The quantitative estimate of drug-likeness (QED) is 0.587. The van der Waals surface area contributed by atoms with Crippen molar-refractivity contribution in [3.05, 3.63) is 64.2 Å². The molecule has 4 atom stereocenters. The topological polar surface area (TPSA) is 29.5 Å². The smallest absolute Gasteiger partial charge is 0.311 e. The van der Waals surface area contributed by atoms with Crippen molar-refractivity contribution in [1.29, 1.82) is 0 Å². The van der Waals surface area contributed by atoms with Crippen LogP contribution in [0.4, 0.5) is 0 Å². The lowest BCUT2D eigenvalue weighted by Crippen LogP contribution is -2.40. The van der Waals surface area contributed by atoms with Gasteiger partial charge in [-0.15, -0.1) is 0 Å². The molecule has 1 aromatic rings. The first-order chi connectivity index (χ1) is 14.4. The maximum atomic E-state index is 12.8. The first kappa shape index (κ1) is 20.1. The molecule has 4 aliphatic rings. The van der Waals surface area contributed by atoms with E-state index in [0.717, 1.165) is 50.3 Å². The van der Waals surface area contributed by atoms with Gasteiger partial charge in [0.1, 0.15) is 6.10 Å². The number of nitrogens with zero attached hydrogens (tertiary/aromatic N) is 1. The standard InChI is InChI=1S/C26H30ClNO2/c1-17-4-3-11-26(2)15-24-21(14-23(17)26)22(25(29)30-24)16-28-12-9-19(10-13-28)18-5-7-20(27)8-6-18/h4-9,14,21-22,24H,3,10-13,15-16H2,1-2H3/t21-,22-,24-,26-/m1/s1. The Morgan fingerprint density at radius 1 is 1.23 bits per heavy atom. The van der Waals surface area contributed by atoms with Gasteiger partial charge in [-0.2, -0.15) is 0 Å². The molecule has 0 bridgehead atoms. The van der Waals surface area contributed by atoms with Gasteiger partial charge >= 0.3 is 5.97 Å². The van der Waals surface area contributed by atoms with E-state index in [0.29, 0.717) is 0 Å². The molecule has 0 radical (unpaired) electrons. The fraction of sp³-hybridized carbons (Fsp3) is 0.500. The summed E-state index contributed by atoms with van der Waals surface area (Å²) < 4.78 is 5.91. The Kier molecular flexibility index (Phi) is 5.15. The second-order valence-corrected chi connectivity index (χ2v) is 10.1. The number of carbonyl (C=O) groups is 1. The third kappa shape index (κ3) is 3.56. The summed E-state index contributed by atoms with van der Waals surface area (Å²) >= 11 is 6.02. The second-order valence-electron chi connectivity index (χ2n) is 9.68. The molecule has 0 spiro atoms. The molecular formula is C26H30ClNO2. The van der Waals surface area contributed by atoms with Crippen molar-refractivity contribution < 1.29 is 9.53 Å². The molecule has 1 aromatic carbocycles. The molecule has 0 N–H and O–H groups in total. The summed E-state index contributed by atoms with van der Waals surface area (Å²) in [5.74, 6) is 0.161. The van der Waals surface area contributed by atoms with E-state index < -0.39 is 0 Å². The zero-order valence-corrected chi connectivity index (χ0v) is 18.6. The van der Waals surface area contributed by atoms with Crippen LogP contribution in [0.15, 0.2) is 53.6 Å². The predicted molar refractivity (Wildman–Crippen MR) is 121 cm³/mol. The number of allylic oxidation sites excluding steroid dienone is 3. The molecule has 30 heavy (non-hydrogen) atoms. The van der Waals surface area contributed by atoms with E-state index in [-0.39, 0.29) is 29.3 Å². The van der Waals surface area contributed by atoms with Crippen LogP contribution >= 0.6 is 11.6 Å². The van der Waals surface area contributed by atoms with Gasteiger partial charge in [0.15, 0.2) is 0 Å². The van der Waals surface area contributed by atoms with Gasteiger partial charge in [-0.25, -0.2) is 0 Å². The Morgan fingerprint density at radius 2 is 2.03 bits per heavy atom. The molecule has 1 saturated heterocycles. The molecule has 1 fully saturated rings. The molecule has 158 valence electrons. The van der Waals surface area contributed by atoms with Crippen LogP contribution in [0, 0.1) is 17.3 Å². The molecular weight excluding hydrogens is 394 g/mol. The van der Waals surface area contributed by atoms with Gasteiger partial charge in [-0.3, -0.25) is 9.69 Å². The fourth-order valence-corrected chi connectivity index (χ4v) is 6.05. The highest BCUT2D eigenvalue weighted by molar-refractivity contribution is 6.30. The number of carbonyl (C=O) groups excluding carboxylic acids is 1. The maximum absolute atomic E-state index is 12.8. The van der Waals surface area contributed by atoms with Crippen LogP contribution in [-0.2, 0) is 9.53 Å². The predicted octanol–water partition coefficient (Wildman–Crippen LogP) is 5.66. The number of benzene rings is 1. The lowest BCUT2D eigenvalue weighted by atomic mass is 9.62. The number of esters is 1. The van der Waals surface area contributed by atoms with Crippen LogP contribution in [0.3, 0.4) is 0 Å². The van der Waals surface area contributed by atoms with Gasteiger partial charge in [0.05, 0.1) is 5.92 Å². The van der Waals surface area contributed by atoms with Crippen molar-refractivity contribution in [1.82, 2.24) is 4.90 Å². The summed E-state index contributed by atoms with van der Waals surface area (Å²) in [4.78, 5) is 15.2. The van der Waals surface area contributed by atoms with E-state index in [2.05, 4.69) is 49.1 Å². The molecule has 2 aliphatic carbocycles. The van der Waals surface area contributed by atoms with Gasteiger partial charge in [-0.1, -0.05) is 54.5 Å². The Bertz CT molecular complexity index is 944. The van der Waals surface area contributed by atoms with Crippen LogP contribution in [0.2, 0.25) is 5.02 Å². The highest BCUT2D eigenvalue weighted by Crippen LogP contribution is 2.52. The van der Waals surface area contributed by atoms with E-state index in [1.54, 1.807) is 0 Å². The normalized spacial score (nSPS) is 33.8. The molecule has 3 nitrogen and oxygen atoms in total. The lowest BCUT2D eigenvalue weighted by molar-refractivity contribution is -0.145. The van der Waals surface area contributed by atoms with Gasteiger partial charge in [0.2, 0.25) is 0 Å². The minimum atomic E-state index is -0.0488. The maximum Gasteiger partial charge on any atom is 0.311 e. The molecule has 4 heteroatoms. The second kappa shape index (κ2) is 7.69. The summed E-state index contributed by atoms with van der Waals surface area (Å²) in [6.45, 7) is 7.22. The van der Waals surface area contributed by atoms with Crippen LogP contribution in [-0.4, -0.2) is 36.6 Å². The third-order valence-corrected chi connectivity index (χ3v) is 7.91. The lowest BCUT2D eigenvalue weighted by Gasteiger charge is -2.43. The average molecular weight is 424 g/mol. The highest BCUT2D eigenvalue weighted by atomic mass is 35.5. The fourth-order valence-electron chi connectivity index (χ4n) is 5.92. The average Bonchev–Trinajstić information content (AvgIpc) is 3.01. The number of halogens is 1. The third-order valence-electron chi connectivity index (χ3n) is 7.66. The van der Waals surface area contributed by atoms with E-state index in [1.807, 2.05) is 12.1 Å². The van der Waals surface area contributed by atoms with E-state index in [4.69, 9.17) is 16.3 Å². The number of hydrogen-bond acceptors (Lipinski definition) is 3. The van der Waals surface area contributed by atoms with E-state index in [9.17, 15) is 4.79 Å². The van der Waals surface area contributed by atoms with Crippen molar-refractivity contribution in [3.63, 3.8) is 0 Å². The Labute approximate surface area is 184 Å².